The topological polar surface area (TPSA) is 156 Å². The maximum Gasteiger partial charge on any atom is 0.328 e. The summed E-state index contributed by atoms with van der Waals surface area (Å²) in [7, 11) is 0. The lowest BCUT2D eigenvalue weighted by Crippen LogP contribution is -2.58. The van der Waals surface area contributed by atoms with E-state index in [9.17, 15) is 34.9 Å². The number of carboxylic acid groups (broad SMARTS) is 1. The smallest absolute Gasteiger partial charge is 0.328 e. The fourth-order valence-corrected chi connectivity index (χ4v) is 4.07. The molecule has 0 aromatic heterocycles. The van der Waals surface area contributed by atoms with Gasteiger partial charge >= 0.3 is 5.97 Å². The van der Waals surface area contributed by atoms with Crippen molar-refractivity contribution in [2.24, 2.45) is 0 Å². The van der Waals surface area contributed by atoms with Crippen LogP contribution >= 0.6 is 0 Å². The van der Waals surface area contributed by atoms with Gasteiger partial charge in [-0.1, -0.05) is 6.92 Å². The Morgan fingerprint density at radius 3 is 2.20 bits per heavy atom. The third kappa shape index (κ3) is 3.96. The van der Waals surface area contributed by atoms with Crippen LogP contribution in [0, 0.1) is 20.2 Å². The highest BCUT2D eigenvalue weighted by Gasteiger charge is 2.54. The standard InChI is InChI=1S/C18H22N4O8/c1-2-5-19-6-3-18(4-7-19)20(15(11-30-18)17(24)25)16(23)12-8-13(21(26)27)10-14(9-12)22(28)29/h8-10,15H,2-7,11H2,1H3,(H,24,25)/t15-/m0/s1. The number of hydrogen-bond donors (Lipinski definition) is 1. The molecule has 2 aliphatic rings. The maximum atomic E-state index is 13.3. The van der Waals surface area contributed by atoms with Crippen LogP contribution in [0.25, 0.3) is 0 Å². The summed E-state index contributed by atoms with van der Waals surface area (Å²) in [5, 5.41) is 32.0. The Labute approximate surface area is 171 Å². The van der Waals surface area contributed by atoms with Crippen LogP contribution in [0.4, 0.5) is 11.4 Å². The van der Waals surface area contributed by atoms with E-state index in [-0.39, 0.29) is 12.2 Å². The molecule has 1 amide bonds. The second kappa shape index (κ2) is 8.32. The van der Waals surface area contributed by atoms with Gasteiger partial charge in [-0.05, 0) is 13.0 Å². The van der Waals surface area contributed by atoms with E-state index in [1.54, 1.807) is 0 Å². The van der Waals surface area contributed by atoms with Crippen LogP contribution in [0.5, 0.6) is 0 Å². The molecule has 2 fully saturated rings. The molecule has 0 aliphatic carbocycles. The van der Waals surface area contributed by atoms with Gasteiger partial charge in [-0.15, -0.1) is 0 Å². The summed E-state index contributed by atoms with van der Waals surface area (Å²) >= 11 is 0. The molecular formula is C18H22N4O8. The quantitative estimate of drug-likeness (QED) is 0.531. The summed E-state index contributed by atoms with van der Waals surface area (Å²) in [6.07, 6.45) is 1.70. The summed E-state index contributed by atoms with van der Waals surface area (Å²) in [4.78, 5) is 49.1. The average molecular weight is 422 g/mol. The number of benzene rings is 1. The van der Waals surface area contributed by atoms with E-state index in [1.165, 1.54) is 0 Å². The molecule has 30 heavy (non-hydrogen) atoms. The van der Waals surface area contributed by atoms with Gasteiger partial charge in [-0.3, -0.25) is 29.9 Å². The molecule has 1 N–H and O–H groups in total. The molecule has 0 saturated carbocycles. The number of hydrogen-bond acceptors (Lipinski definition) is 8. The van der Waals surface area contributed by atoms with E-state index in [2.05, 4.69) is 4.90 Å². The van der Waals surface area contributed by atoms with Crippen LogP contribution < -0.4 is 0 Å². The molecule has 12 heteroatoms. The van der Waals surface area contributed by atoms with E-state index in [1.807, 2.05) is 6.92 Å². The SMILES string of the molecule is CCCN1CCC2(CC1)OC[C@@H](C(=O)O)N2C(=O)c1cc([N+](=O)[O-])cc([N+](=O)[O-])c1. The predicted octanol–water partition coefficient (Wildman–Crippen LogP) is 1.63. The zero-order valence-corrected chi connectivity index (χ0v) is 16.4. The first-order valence-corrected chi connectivity index (χ1v) is 9.55. The van der Waals surface area contributed by atoms with Gasteiger partial charge in [0.25, 0.3) is 17.3 Å². The van der Waals surface area contributed by atoms with Crippen molar-refractivity contribution in [3.8, 4) is 0 Å². The molecule has 0 unspecified atom stereocenters. The van der Waals surface area contributed by atoms with Gasteiger partial charge in [0.05, 0.1) is 28.1 Å². The predicted molar refractivity (Wildman–Crippen MR) is 102 cm³/mol. The molecule has 2 saturated heterocycles. The summed E-state index contributed by atoms with van der Waals surface area (Å²) in [6, 6.07) is 1.32. The van der Waals surface area contributed by atoms with E-state index < -0.39 is 44.9 Å². The zero-order chi connectivity index (χ0) is 22.1. The minimum absolute atomic E-state index is 0.216. The largest absolute Gasteiger partial charge is 0.480 e. The first-order valence-electron chi connectivity index (χ1n) is 9.55. The number of non-ortho nitro benzene ring substituents is 2. The first-order chi connectivity index (χ1) is 14.2. The number of aliphatic carboxylic acids is 1. The lowest BCUT2D eigenvalue weighted by molar-refractivity contribution is -0.394. The Hall–Kier alpha value is -3.12. The number of carbonyl (C=O) groups excluding carboxylic acids is 1. The van der Waals surface area contributed by atoms with Crippen molar-refractivity contribution in [3.05, 3.63) is 44.0 Å². The molecule has 1 spiro atoms. The summed E-state index contributed by atoms with van der Waals surface area (Å²) in [5.74, 6) is -2.10. The summed E-state index contributed by atoms with van der Waals surface area (Å²) < 4.78 is 5.82. The number of amides is 1. The Balaban J connectivity index is 1.99. The number of likely N-dealkylation sites (tertiary alicyclic amines) is 1. The van der Waals surface area contributed by atoms with Crippen molar-refractivity contribution in [2.75, 3.05) is 26.2 Å². The number of carboxylic acids is 1. The molecular weight excluding hydrogens is 400 g/mol. The van der Waals surface area contributed by atoms with Crippen molar-refractivity contribution < 1.29 is 29.3 Å². The number of nitro benzene ring substituents is 2. The van der Waals surface area contributed by atoms with Crippen LogP contribution in [-0.4, -0.2) is 74.6 Å². The van der Waals surface area contributed by atoms with Gasteiger partial charge < -0.3 is 14.7 Å². The lowest BCUT2D eigenvalue weighted by atomic mass is 9.96. The molecule has 3 rings (SSSR count). The molecule has 12 nitrogen and oxygen atoms in total. The number of ether oxygens (including phenoxy) is 1. The highest BCUT2D eigenvalue weighted by molar-refractivity contribution is 5.98. The highest BCUT2D eigenvalue weighted by Crippen LogP contribution is 2.39. The van der Waals surface area contributed by atoms with Gasteiger partial charge in [-0.2, -0.15) is 0 Å². The fourth-order valence-electron chi connectivity index (χ4n) is 4.07. The number of carbonyl (C=O) groups is 2. The van der Waals surface area contributed by atoms with Crippen molar-refractivity contribution >= 4 is 23.3 Å². The van der Waals surface area contributed by atoms with Crippen molar-refractivity contribution in [1.82, 2.24) is 9.80 Å². The third-order valence-corrected chi connectivity index (χ3v) is 5.51. The third-order valence-electron chi connectivity index (χ3n) is 5.51. The number of rotatable bonds is 6. The van der Waals surface area contributed by atoms with Crippen LogP contribution in [0.1, 0.15) is 36.5 Å². The molecule has 1 aromatic carbocycles. The number of nitrogens with zero attached hydrogens (tertiary/aromatic N) is 4. The van der Waals surface area contributed by atoms with Crippen LogP contribution in [0.2, 0.25) is 0 Å². The molecule has 162 valence electrons. The molecule has 1 aromatic rings. The minimum Gasteiger partial charge on any atom is -0.480 e. The number of nitro groups is 2. The second-order valence-corrected chi connectivity index (χ2v) is 7.38. The number of piperidine rings is 1. The van der Waals surface area contributed by atoms with E-state index in [4.69, 9.17) is 4.74 Å². The molecule has 0 radical (unpaired) electrons. The minimum atomic E-state index is -1.28. The molecule has 1 atom stereocenters. The van der Waals surface area contributed by atoms with Gasteiger partial charge in [0.2, 0.25) is 0 Å². The van der Waals surface area contributed by atoms with Crippen molar-refractivity contribution in [1.29, 1.82) is 0 Å². The van der Waals surface area contributed by atoms with E-state index >= 15 is 0 Å². The van der Waals surface area contributed by atoms with Crippen LogP contribution in [0.3, 0.4) is 0 Å². The van der Waals surface area contributed by atoms with Gasteiger partial charge in [-0.25, -0.2) is 4.79 Å². The van der Waals surface area contributed by atoms with Crippen LogP contribution in [0.15, 0.2) is 18.2 Å². The zero-order valence-electron chi connectivity index (χ0n) is 16.4. The normalized spacial score (nSPS) is 21.0. The molecule has 2 aliphatic heterocycles. The summed E-state index contributed by atoms with van der Waals surface area (Å²) in [5.41, 5.74) is -2.72. The Morgan fingerprint density at radius 2 is 1.73 bits per heavy atom. The average Bonchev–Trinajstić information content (AvgIpc) is 3.08. The second-order valence-electron chi connectivity index (χ2n) is 7.38. The maximum absolute atomic E-state index is 13.3. The fraction of sp³-hybridized carbons (Fsp3) is 0.556. The van der Waals surface area contributed by atoms with Crippen molar-refractivity contribution in [3.63, 3.8) is 0 Å². The van der Waals surface area contributed by atoms with Crippen LogP contribution in [-0.2, 0) is 9.53 Å². The van der Waals surface area contributed by atoms with Gasteiger partial charge in [0.1, 0.15) is 5.72 Å². The summed E-state index contributed by atoms with van der Waals surface area (Å²) in [6.45, 7) is 3.88. The highest BCUT2D eigenvalue weighted by atomic mass is 16.6. The Morgan fingerprint density at radius 1 is 1.17 bits per heavy atom. The monoisotopic (exact) mass is 422 g/mol. The first kappa shape index (κ1) is 21.6. The van der Waals surface area contributed by atoms with Crippen molar-refractivity contribution in [2.45, 2.75) is 38.0 Å². The Bertz CT molecular complexity index is 849. The van der Waals surface area contributed by atoms with Gasteiger partial charge in [0.15, 0.2) is 6.04 Å². The lowest BCUT2D eigenvalue weighted by Gasteiger charge is -2.44. The molecule has 0 bridgehead atoms. The Kier molecular flexibility index (Phi) is 5.99. The van der Waals surface area contributed by atoms with E-state index in [0.717, 1.165) is 36.1 Å². The van der Waals surface area contributed by atoms with Gasteiger partial charge in [0, 0.05) is 38.1 Å². The molecule has 2 heterocycles. The van der Waals surface area contributed by atoms with E-state index in [0.29, 0.717) is 25.9 Å².